The third-order valence-corrected chi connectivity index (χ3v) is 3.39. The minimum Gasteiger partial charge on any atom is -0.487 e. The zero-order valence-corrected chi connectivity index (χ0v) is 14.4. The first-order valence-electron chi connectivity index (χ1n) is 8.13. The van der Waals surface area contributed by atoms with E-state index in [4.69, 9.17) is 15.6 Å². The summed E-state index contributed by atoms with van der Waals surface area (Å²) in [5.41, 5.74) is 7.98. The number of nitrogens with zero attached hydrogens (tertiary/aromatic N) is 1. The fourth-order valence-corrected chi connectivity index (χ4v) is 1.74. The van der Waals surface area contributed by atoms with Crippen molar-refractivity contribution in [1.82, 2.24) is 10.3 Å². The van der Waals surface area contributed by atoms with Gasteiger partial charge in [0.2, 0.25) is 0 Å². The second kappa shape index (κ2) is 10.7. The van der Waals surface area contributed by atoms with Crippen LogP contribution in [0, 0.1) is 5.92 Å². The quantitative estimate of drug-likeness (QED) is 0.673. The standard InChI is InChI=1S/C14H21N3O2.C4H8/c1-3-5-12(16-2)11(15)7-9-19-14-6-4-8-17-13(14)10-18;1-4-2-3-4/h4-8,16,18H,3,9-10,15H2,1-2H3;4H,2-3H2,1H3/b11-7+,12-5+;. The first kappa shape index (κ1) is 19.0. The lowest BCUT2D eigenvalue weighted by Crippen LogP contribution is -2.15. The van der Waals surface area contributed by atoms with Crippen LogP contribution in [0.25, 0.3) is 0 Å². The molecule has 1 fully saturated rings. The van der Waals surface area contributed by atoms with E-state index in [9.17, 15) is 0 Å². The number of likely N-dealkylation sites (N-methyl/N-ethyl adjacent to an activating group) is 1. The molecule has 23 heavy (non-hydrogen) atoms. The first-order valence-corrected chi connectivity index (χ1v) is 8.13. The molecule has 0 amide bonds. The molecule has 0 radical (unpaired) electrons. The highest BCUT2D eigenvalue weighted by atomic mass is 16.5. The van der Waals surface area contributed by atoms with Crippen LogP contribution in [0.3, 0.4) is 0 Å². The van der Waals surface area contributed by atoms with E-state index in [1.54, 1.807) is 24.4 Å². The summed E-state index contributed by atoms with van der Waals surface area (Å²) in [4.78, 5) is 4.02. The van der Waals surface area contributed by atoms with Crippen LogP contribution < -0.4 is 15.8 Å². The van der Waals surface area contributed by atoms with Gasteiger partial charge in [-0.15, -0.1) is 0 Å². The summed E-state index contributed by atoms with van der Waals surface area (Å²) in [5.74, 6) is 1.65. The minimum atomic E-state index is -0.146. The molecule has 0 aromatic carbocycles. The molecule has 5 heteroatoms. The van der Waals surface area contributed by atoms with Crippen LogP contribution >= 0.6 is 0 Å². The average Bonchev–Trinajstić information content (AvgIpc) is 3.35. The van der Waals surface area contributed by atoms with E-state index in [1.165, 1.54) is 12.8 Å². The highest BCUT2D eigenvalue weighted by Gasteiger charge is 2.12. The van der Waals surface area contributed by atoms with Gasteiger partial charge in [0.15, 0.2) is 0 Å². The summed E-state index contributed by atoms with van der Waals surface area (Å²) in [6.07, 6.45) is 9.29. The van der Waals surface area contributed by atoms with Crippen LogP contribution in [0.5, 0.6) is 5.75 Å². The van der Waals surface area contributed by atoms with E-state index in [-0.39, 0.29) is 6.61 Å². The molecule has 4 N–H and O–H groups in total. The average molecular weight is 319 g/mol. The van der Waals surface area contributed by atoms with E-state index in [2.05, 4.69) is 17.2 Å². The molecule has 1 heterocycles. The van der Waals surface area contributed by atoms with Gasteiger partial charge >= 0.3 is 0 Å². The number of hydrogen-bond donors (Lipinski definition) is 3. The topological polar surface area (TPSA) is 80.4 Å². The van der Waals surface area contributed by atoms with Gasteiger partial charge < -0.3 is 20.9 Å². The lowest BCUT2D eigenvalue weighted by molar-refractivity contribution is 0.264. The molecule has 5 nitrogen and oxygen atoms in total. The SMILES string of the molecule is CC/C=C(NC)\C(N)=C/COc1cccnc1CO.CC1CC1. The molecule has 1 aromatic heterocycles. The molecule has 0 atom stereocenters. The minimum absolute atomic E-state index is 0.146. The first-order chi connectivity index (χ1) is 11.1. The van der Waals surface area contributed by atoms with Crippen LogP contribution in [-0.2, 0) is 6.61 Å². The molecule has 0 aliphatic heterocycles. The number of aromatic nitrogens is 1. The lowest BCUT2D eigenvalue weighted by Gasteiger charge is -2.09. The Balaban J connectivity index is 0.000000570. The van der Waals surface area contributed by atoms with E-state index >= 15 is 0 Å². The summed E-state index contributed by atoms with van der Waals surface area (Å²) >= 11 is 0. The third-order valence-electron chi connectivity index (χ3n) is 3.39. The molecule has 0 spiro atoms. The van der Waals surface area contributed by atoms with Gasteiger partial charge in [-0.3, -0.25) is 4.98 Å². The van der Waals surface area contributed by atoms with Gasteiger partial charge in [-0.1, -0.05) is 32.8 Å². The summed E-state index contributed by atoms with van der Waals surface area (Å²) in [6.45, 7) is 4.50. The van der Waals surface area contributed by atoms with Crippen molar-refractivity contribution < 1.29 is 9.84 Å². The van der Waals surface area contributed by atoms with E-state index in [1.807, 2.05) is 20.0 Å². The molecular formula is C18H29N3O2. The number of allylic oxidation sites excluding steroid dienone is 1. The van der Waals surface area contributed by atoms with Crippen LogP contribution in [0.2, 0.25) is 0 Å². The maximum Gasteiger partial charge on any atom is 0.143 e. The van der Waals surface area contributed by atoms with Crippen LogP contribution in [-0.4, -0.2) is 23.7 Å². The van der Waals surface area contributed by atoms with Crippen molar-refractivity contribution in [1.29, 1.82) is 0 Å². The normalized spacial score (nSPS) is 14.8. The van der Waals surface area contributed by atoms with Crippen molar-refractivity contribution in [3.8, 4) is 5.75 Å². The maximum absolute atomic E-state index is 9.12. The highest BCUT2D eigenvalue weighted by molar-refractivity contribution is 5.28. The van der Waals surface area contributed by atoms with Gasteiger partial charge in [-0.2, -0.15) is 0 Å². The van der Waals surface area contributed by atoms with Crippen molar-refractivity contribution in [2.45, 2.75) is 39.7 Å². The van der Waals surface area contributed by atoms with Crippen molar-refractivity contribution in [3.05, 3.63) is 47.6 Å². The van der Waals surface area contributed by atoms with Gasteiger partial charge in [0.05, 0.1) is 18.0 Å². The summed E-state index contributed by atoms with van der Waals surface area (Å²) < 4.78 is 5.54. The number of ether oxygens (including phenoxy) is 1. The molecule has 0 unspecified atom stereocenters. The second-order valence-electron chi connectivity index (χ2n) is 5.54. The van der Waals surface area contributed by atoms with Gasteiger partial charge in [0.25, 0.3) is 0 Å². The van der Waals surface area contributed by atoms with Crippen LogP contribution in [0.15, 0.2) is 41.9 Å². The van der Waals surface area contributed by atoms with Crippen molar-refractivity contribution in [3.63, 3.8) is 0 Å². The van der Waals surface area contributed by atoms with Crippen molar-refractivity contribution in [2.24, 2.45) is 11.7 Å². The zero-order valence-electron chi connectivity index (χ0n) is 14.4. The number of aliphatic hydroxyl groups excluding tert-OH is 1. The summed E-state index contributed by atoms with van der Waals surface area (Å²) in [5, 5.41) is 12.2. The Hall–Kier alpha value is -2.01. The monoisotopic (exact) mass is 319 g/mol. The van der Waals surface area contributed by atoms with E-state index < -0.39 is 0 Å². The fraction of sp³-hybridized carbons (Fsp3) is 0.500. The zero-order chi connectivity index (χ0) is 17.1. The fourth-order valence-electron chi connectivity index (χ4n) is 1.74. The Morgan fingerprint density at radius 2 is 2.17 bits per heavy atom. The molecule has 0 saturated heterocycles. The number of nitrogens with two attached hydrogens (primary N) is 1. The largest absolute Gasteiger partial charge is 0.487 e. The predicted molar refractivity (Wildman–Crippen MR) is 93.8 cm³/mol. The van der Waals surface area contributed by atoms with Gasteiger partial charge in [0.1, 0.15) is 18.1 Å². The van der Waals surface area contributed by atoms with Crippen molar-refractivity contribution in [2.75, 3.05) is 13.7 Å². The molecular weight excluding hydrogens is 290 g/mol. The molecule has 1 aliphatic rings. The Morgan fingerprint density at radius 3 is 2.70 bits per heavy atom. The van der Waals surface area contributed by atoms with E-state index in [0.29, 0.717) is 23.7 Å². The number of aliphatic hydroxyl groups is 1. The van der Waals surface area contributed by atoms with Crippen molar-refractivity contribution >= 4 is 0 Å². The maximum atomic E-state index is 9.12. The van der Waals surface area contributed by atoms with Crippen LogP contribution in [0.1, 0.15) is 38.8 Å². The number of rotatable bonds is 7. The molecule has 1 aliphatic carbocycles. The Kier molecular flexibility index (Phi) is 8.83. The second-order valence-corrected chi connectivity index (χ2v) is 5.54. The Labute approximate surface area is 139 Å². The molecule has 128 valence electrons. The molecule has 1 aromatic rings. The van der Waals surface area contributed by atoms with E-state index in [0.717, 1.165) is 18.0 Å². The number of pyridine rings is 1. The summed E-state index contributed by atoms with van der Waals surface area (Å²) in [7, 11) is 1.83. The van der Waals surface area contributed by atoms with Gasteiger partial charge in [-0.25, -0.2) is 0 Å². The molecule has 0 bridgehead atoms. The van der Waals surface area contributed by atoms with Gasteiger partial charge in [-0.05, 0) is 30.5 Å². The molecule has 1 saturated carbocycles. The predicted octanol–water partition coefficient (Wildman–Crippen LogP) is 2.72. The number of nitrogens with one attached hydrogen (secondary N) is 1. The molecule has 2 rings (SSSR count). The number of hydrogen-bond acceptors (Lipinski definition) is 5. The third kappa shape index (κ3) is 7.70. The highest BCUT2D eigenvalue weighted by Crippen LogP contribution is 2.26. The van der Waals surface area contributed by atoms with Gasteiger partial charge in [0, 0.05) is 13.2 Å². The Bertz CT molecular complexity index is 523. The Morgan fingerprint density at radius 1 is 1.48 bits per heavy atom. The summed E-state index contributed by atoms with van der Waals surface area (Å²) in [6, 6.07) is 3.53. The van der Waals surface area contributed by atoms with Crippen LogP contribution in [0.4, 0.5) is 0 Å². The smallest absolute Gasteiger partial charge is 0.143 e. The lowest BCUT2D eigenvalue weighted by atomic mass is 10.2.